The molecule has 4 heteroatoms. The zero-order valence-corrected chi connectivity index (χ0v) is 6.26. The molecule has 0 aliphatic carbocycles. The van der Waals surface area contributed by atoms with Gasteiger partial charge in [-0.3, -0.25) is 5.10 Å². The predicted molar refractivity (Wildman–Crippen MR) is 39.5 cm³/mol. The second-order valence-electron chi connectivity index (χ2n) is 2.39. The van der Waals surface area contributed by atoms with Crippen LogP contribution in [-0.2, 0) is 0 Å². The van der Waals surface area contributed by atoms with Crippen LogP contribution in [0.2, 0.25) is 0 Å². The first-order valence-electron chi connectivity index (χ1n) is 3.41. The van der Waals surface area contributed by atoms with Gasteiger partial charge in [0.2, 0.25) is 5.95 Å². The summed E-state index contributed by atoms with van der Waals surface area (Å²) in [4.78, 5) is 3.99. The molecular formula is C6H12N4. The standard InChI is InChI=1S/C6H12N4/c1-3-4(2)5-8-6(7)10-9-5/h4H,3H2,1-2H3,(H3,7,8,9,10)/t4-/m0/s1. The van der Waals surface area contributed by atoms with Gasteiger partial charge in [-0.25, -0.2) is 0 Å². The molecule has 10 heavy (non-hydrogen) atoms. The molecule has 0 bridgehead atoms. The number of aromatic amines is 1. The quantitative estimate of drug-likeness (QED) is 0.641. The summed E-state index contributed by atoms with van der Waals surface area (Å²) in [6.07, 6.45) is 1.05. The van der Waals surface area contributed by atoms with Crippen LogP contribution in [0.25, 0.3) is 0 Å². The first-order chi connectivity index (χ1) is 4.74. The second-order valence-corrected chi connectivity index (χ2v) is 2.39. The maximum Gasteiger partial charge on any atom is 0.239 e. The normalized spacial score (nSPS) is 13.4. The molecule has 0 aliphatic heterocycles. The topological polar surface area (TPSA) is 67.6 Å². The molecule has 0 saturated carbocycles. The van der Waals surface area contributed by atoms with E-state index in [0.717, 1.165) is 12.2 Å². The van der Waals surface area contributed by atoms with Crippen LogP contribution >= 0.6 is 0 Å². The van der Waals surface area contributed by atoms with Gasteiger partial charge in [0.1, 0.15) is 5.82 Å². The number of anilines is 1. The van der Waals surface area contributed by atoms with Crippen molar-refractivity contribution < 1.29 is 0 Å². The lowest BCUT2D eigenvalue weighted by Crippen LogP contribution is -1.94. The minimum absolute atomic E-state index is 0.329. The number of aromatic nitrogens is 3. The van der Waals surface area contributed by atoms with E-state index in [1.807, 2.05) is 0 Å². The summed E-state index contributed by atoms with van der Waals surface area (Å²) in [6, 6.07) is 0. The molecule has 3 N–H and O–H groups in total. The molecule has 0 aliphatic rings. The number of nitrogens with two attached hydrogens (primary N) is 1. The van der Waals surface area contributed by atoms with Gasteiger partial charge in [-0.15, -0.1) is 5.10 Å². The van der Waals surface area contributed by atoms with Crippen molar-refractivity contribution in [3.8, 4) is 0 Å². The Labute approximate surface area is 59.8 Å². The highest BCUT2D eigenvalue weighted by atomic mass is 15.3. The molecular weight excluding hydrogens is 128 g/mol. The molecule has 1 rings (SSSR count). The third-order valence-electron chi connectivity index (χ3n) is 1.60. The summed E-state index contributed by atoms with van der Waals surface area (Å²) in [5, 5.41) is 6.50. The maximum atomic E-state index is 5.32. The van der Waals surface area contributed by atoms with Crippen LogP contribution < -0.4 is 5.73 Å². The van der Waals surface area contributed by atoms with E-state index in [0.29, 0.717) is 11.9 Å². The molecule has 0 spiro atoms. The van der Waals surface area contributed by atoms with Crippen molar-refractivity contribution in [2.75, 3.05) is 5.73 Å². The summed E-state index contributed by atoms with van der Waals surface area (Å²) in [5.74, 6) is 1.63. The van der Waals surface area contributed by atoms with Gasteiger partial charge in [-0.1, -0.05) is 13.8 Å². The van der Waals surface area contributed by atoms with E-state index >= 15 is 0 Å². The Morgan fingerprint density at radius 2 is 2.40 bits per heavy atom. The minimum Gasteiger partial charge on any atom is -0.367 e. The first-order valence-corrected chi connectivity index (χ1v) is 3.41. The molecule has 1 heterocycles. The summed E-state index contributed by atoms with van der Waals surface area (Å²) in [5.41, 5.74) is 5.32. The largest absolute Gasteiger partial charge is 0.367 e. The van der Waals surface area contributed by atoms with Crippen molar-refractivity contribution in [3.63, 3.8) is 0 Å². The number of nitrogen functional groups attached to an aromatic ring is 1. The van der Waals surface area contributed by atoms with Crippen molar-refractivity contribution >= 4 is 5.95 Å². The molecule has 0 fully saturated rings. The molecule has 0 amide bonds. The Morgan fingerprint density at radius 1 is 1.70 bits per heavy atom. The van der Waals surface area contributed by atoms with Gasteiger partial charge in [0, 0.05) is 5.92 Å². The lowest BCUT2D eigenvalue weighted by atomic mass is 10.1. The van der Waals surface area contributed by atoms with Crippen LogP contribution in [0.15, 0.2) is 0 Å². The van der Waals surface area contributed by atoms with Crippen LogP contribution in [-0.4, -0.2) is 15.2 Å². The zero-order valence-electron chi connectivity index (χ0n) is 6.26. The van der Waals surface area contributed by atoms with Crippen LogP contribution in [0.3, 0.4) is 0 Å². The van der Waals surface area contributed by atoms with Gasteiger partial charge >= 0.3 is 0 Å². The highest BCUT2D eigenvalue weighted by Gasteiger charge is 2.06. The highest BCUT2D eigenvalue weighted by molar-refractivity contribution is 5.13. The smallest absolute Gasteiger partial charge is 0.239 e. The van der Waals surface area contributed by atoms with E-state index < -0.39 is 0 Å². The van der Waals surface area contributed by atoms with Gasteiger partial charge in [0.25, 0.3) is 0 Å². The van der Waals surface area contributed by atoms with E-state index in [4.69, 9.17) is 5.73 Å². The fraction of sp³-hybridized carbons (Fsp3) is 0.667. The number of H-pyrrole nitrogens is 1. The number of hydrogen-bond acceptors (Lipinski definition) is 3. The van der Waals surface area contributed by atoms with Crippen LogP contribution in [0, 0.1) is 0 Å². The lowest BCUT2D eigenvalue weighted by Gasteiger charge is -2.00. The molecule has 4 nitrogen and oxygen atoms in total. The van der Waals surface area contributed by atoms with Crippen molar-refractivity contribution in [2.45, 2.75) is 26.2 Å². The molecule has 56 valence electrons. The Hall–Kier alpha value is -1.06. The van der Waals surface area contributed by atoms with Crippen molar-refractivity contribution in [1.29, 1.82) is 0 Å². The third-order valence-corrected chi connectivity index (χ3v) is 1.60. The molecule has 0 radical (unpaired) electrons. The van der Waals surface area contributed by atoms with E-state index in [9.17, 15) is 0 Å². The van der Waals surface area contributed by atoms with E-state index in [2.05, 4.69) is 29.0 Å². The fourth-order valence-electron chi connectivity index (χ4n) is 0.702. The van der Waals surface area contributed by atoms with Crippen molar-refractivity contribution in [2.24, 2.45) is 0 Å². The lowest BCUT2D eigenvalue weighted by molar-refractivity contribution is 0.682. The average Bonchev–Trinajstić information content (AvgIpc) is 2.34. The summed E-state index contributed by atoms with van der Waals surface area (Å²) < 4.78 is 0. The van der Waals surface area contributed by atoms with Gasteiger partial charge in [-0.05, 0) is 6.42 Å². The molecule has 0 saturated heterocycles. The van der Waals surface area contributed by atoms with E-state index in [1.54, 1.807) is 0 Å². The first kappa shape index (κ1) is 7.05. The van der Waals surface area contributed by atoms with Crippen molar-refractivity contribution in [3.05, 3.63) is 5.82 Å². The predicted octanol–water partition coefficient (Wildman–Crippen LogP) is 0.900. The summed E-state index contributed by atoms with van der Waals surface area (Å²) >= 11 is 0. The van der Waals surface area contributed by atoms with Crippen molar-refractivity contribution in [1.82, 2.24) is 15.2 Å². The maximum absolute atomic E-state index is 5.32. The number of hydrogen-bond donors (Lipinski definition) is 2. The molecule has 0 aromatic carbocycles. The molecule has 1 aromatic rings. The number of nitrogens with one attached hydrogen (secondary N) is 1. The molecule has 0 unspecified atom stereocenters. The van der Waals surface area contributed by atoms with Gasteiger partial charge < -0.3 is 5.73 Å². The average molecular weight is 140 g/mol. The number of nitrogens with zero attached hydrogens (tertiary/aromatic N) is 2. The second kappa shape index (κ2) is 2.68. The Balaban J connectivity index is 2.74. The Morgan fingerprint density at radius 3 is 2.80 bits per heavy atom. The third kappa shape index (κ3) is 1.26. The van der Waals surface area contributed by atoms with Crippen LogP contribution in [0.4, 0.5) is 5.95 Å². The molecule has 1 atom stereocenters. The number of rotatable bonds is 2. The SMILES string of the molecule is CC[C@H](C)c1nc(N)n[nH]1. The monoisotopic (exact) mass is 140 g/mol. The van der Waals surface area contributed by atoms with Gasteiger partial charge in [0.15, 0.2) is 0 Å². The van der Waals surface area contributed by atoms with Gasteiger partial charge in [0.05, 0.1) is 0 Å². The molecule has 1 aromatic heterocycles. The van der Waals surface area contributed by atoms with E-state index in [1.165, 1.54) is 0 Å². The zero-order chi connectivity index (χ0) is 7.56. The van der Waals surface area contributed by atoms with Gasteiger partial charge in [-0.2, -0.15) is 4.98 Å². The minimum atomic E-state index is 0.329. The summed E-state index contributed by atoms with van der Waals surface area (Å²) in [6.45, 7) is 4.18. The Kier molecular flexibility index (Phi) is 1.89. The van der Waals surface area contributed by atoms with Crippen LogP contribution in [0.5, 0.6) is 0 Å². The fourth-order valence-corrected chi connectivity index (χ4v) is 0.702. The Bertz CT molecular complexity index is 205. The highest BCUT2D eigenvalue weighted by Crippen LogP contribution is 2.13. The van der Waals surface area contributed by atoms with Crippen LogP contribution in [0.1, 0.15) is 32.0 Å². The summed E-state index contributed by atoms with van der Waals surface area (Å²) in [7, 11) is 0. The van der Waals surface area contributed by atoms with E-state index in [-0.39, 0.29) is 0 Å².